The lowest BCUT2D eigenvalue weighted by Crippen LogP contribution is -2.12. The van der Waals surface area contributed by atoms with Gasteiger partial charge < -0.3 is 4.74 Å². The molecular weight excluding hydrogens is 112 g/mol. The van der Waals surface area contributed by atoms with Crippen molar-refractivity contribution in [1.29, 1.82) is 0 Å². The number of hydrogen-bond acceptors (Lipinski definition) is 1. The molecule has 54 valence electrons. The minimum atomic E-state index is 0.468. The molecule has 0 aromatic rings. The molecule has 0 bridgehead atoms. The van der Waals surface area contributed by atoms with E-state index >= 15 is 0 Å². The van der Waals surface area contributed by atoms with E-state index in [1.54, 1.807) is 0 Å². The van der Waals surface area contributed by atoms with Gasteiger partial charge in [-0.2, -0.15) is 0 Å². The van der Waals surface area contributed by atoms with Crippen molar-refractivity contribution in [2.75, 3.05) is 0 Å². The quantitative estimate of drug-likeness (QED) is 0.485. The zero-order valence-corrected chi connectivity index (χ0v) is 6.72. The molecule has 1 fully saturated rings. The van der Waals surface area contributed by atoms with Crippen LogP contribution in [0.5, 0.6) is 0 Å². The van der Waals surface area contributed by atoms with Crippen LogP contribution in [0.2, 0.25) is 0 Å². The second kappa shape index (κ2) is 2.30. The third-order valence-corrected chi connectivity index (χ3v) is 2.74. The van der Waals surface area contributed by atoms with Crippen LogP contribution in [0, 0.1) is 11.8 Å². The van der Waals surface area contributed by atoms with Gasteiger partial charge >= 0.3 is 0 Å². The van der Waals surface area contributed by atoms with Gasteiger partial charge in [-0.15, -0.1) is 0 Å². The van der Waals surface area contributed by atoms with Crippen LogP contribution in [0.3, 0.4) is 0 Å². The van der Waals surface area contributed by atoms with Gasteiger partial charge in [-0.1, -0.05) is 13.8 Å². The van der Waals surface area contributed by atoms with Gasteiger partial charge in [0.15, 0.2) is 0 Å². The first-order valence-electron chi connectivity index (χ1n) is 3.78. The molecule has 4 atom stereocenters. The van der Waals surface area contributed by atoms with E-state index < -0.39 is 0 Å². The maximum Gasteiger partial charge on any atom is 0.0579 e. The molecule has 1 nitrogen and oxygen atoms in total. The van der Waals surface area contributed by atoms with Crippen LogP contribution in [0.4, 0.5) is 0 Å². The molecule has 0 spiro atoms. The van der Waals surface area contributed by atoms with Gasteiger partial charge in [0.25, 0.3) is 0 Å². The molecule has 1 heterocycles. The van der Waals surface area contributed by atoms with Crippen molar-refractivity contribution in [3.8, 4) is 0 Å². The van der Waals surface area contributed by atoms with Crippen molar-refractivity contribution in [2.45, 2.75) is 39.9 Å². The predicted octanol–water partition coefficient (Wildman–Crippen LogP) is 2.07. The van der Waals surface area contributed by atoms with Gasteiger partial charge in [-0.3, -0.25) is 0 Å². The molecule has 1 heteroatoms. The summed E-state index contributed by atoms with van der Waals surface area (Å²) in [6.45, 7) is 8.84. The van der Waals surface area contributed by atoms with E-state index in [1.165, 1.54) is 0 Å². The number of hydrogen-bond donors (Lipinski definition) is 0. The Bertz CT molecular complexity index is 88.7. The van der Waals surface area contributed by atoms with E-state index in [9.17, 15) is 0 Å². The summed E-state index contributed by atoms with van der Waals surface area (Å²) in [7, 11) is 0. The highest BCUT2D eigenvalue weighted by molar-refractivity contribution is 4.80. The van der Waals surface area contributed by atoms with Gasteiger partial charge in [0.1, 0.15) is 0 Å². The fourth-order valence-electron chi connectivity index (χ4n) is 1.44. The van der Waals surface area contributed by atoms with E-state index in [4.69, 9.17) is 4.74 Å². The maximum absolute atomic E-state index is 5.59. The average molecular weight is 128 g/mol. The van der Waals surface area contributed by atoms with Crippen LogP contribution in [0.25, 0.3) is 0 Å². The Hall–Kier alpha value is -0.0400. The predicted molar refractivity (Wildman–Crippen MR) is 38.3 cm³/mol. The molecule has 0 aromatic carbocycles. The van der Waals surface area contributed by atoms with Gasteiger partial charge in [0, 0.05) is 0 Å². The Morgan fingerprint density at radius 1 is 0.778 bits per heavy atom. The second-order valence-corrected chi connectivity index (χ2v) is 3.26. The Morgan fingerprint density at radius 2 is 1.11 bits per heavy atom. The van der Waals surface area contributed by atoms with E-state index in [2.05, 4.69) is 27.7 Å². The van der Waals surface area contributed by atoms with Crippen LogP contribution < -0.4 is 0 Å². The van der Waals surface area contributed by atoms with E-state index in [-0.39, 0.29) is 0 Å². The third kappa shape index (κ3) is 1.11. The van der Waals surface area contributed by atoms with Gasteiger partial charge in [0.2, 0.25) is 0 Å². The molecule has 1 aliphatic heterocycles. The Kier molecular flexibility index (Phi) is 1.80. The summed E-state index contributed by atoms with van der Waals surface area (Å²) in [4.78, 5) is 0. The standard InChI is InChI=1S/C8H16O/c1-5-6(2)8(4)9-7(5)3/h5-8H,1-4H3/t5-,6?,7?,8+/m0/s1. The SMILES string of the molecule is CC1O[C@H](C)C(C)[C@@H]1C. The van der Waals surface area contributed by atoms with E-state index in [1.807, 2.05) is 0 Å². The lowest BCUT2D eigenvalue weighted by atomic mass is 9.92. The molecule has 0 aromatic heterocycles. The molecular formula is C8H16O. The topological polar surface area (TPSA) is 9.23 Å². The monoisotopic (exact) mass is 128 g/mol. The molecule has 1 saturated heterocycles. The number of ether oxygens (including phenoxy) is 1. The summed E-state index contributed by atoms with van der Waals surface area (Å²) < 4.78 is 5.59. The largest absolute Gasteiger partial charge is 0.375 e. The molecule has 0 amide bonds. The molecule has 0 N–H and O–H groups in total. The normalized spacial score (nSPS) is 52.0. The van der Waals surface area contributed by atoms with Crippen LogP contribution in [-0.4, -0.2) is 12.2 Å². The number of rotatable bonds is 0. The molecule has 0 aliphatic carbocycles. The highest BCUT2D eigenvalue weighted by Gasteiger charge is 2.32. The molecule has 1 aliphatic rings. The molecule has 1 rings (SSSR count). The Balaban J connectivity index is 2.54. The highest BCUT2D eigenvalue weighted by Crippen LogP contribution is 2.30. The molecule has 9 heavy (non-hydrogen) atoms. The van der Waals surface area contributed by atoms with Gasteiger partial charge in [-0.25, -0.2) is 0 Å². The first kappa shape index (κ1) is 7.07. The van der Waals surface area contributed by atoms with Gasteiger partial charge in [0.05, 0.1) is 12.2 Å². The molecule has 0 saturated carbocycles. The summed E-state index contributed by atoms with van der Waals surface area (Å²) >= 11 is 0. The third-order valence-electron chi connectivity index (χ3n) is 2.74. The first-order valence-corrected chi connectivity index (χ1v) is 3.78. The minimum absolute atomic E-state index is 0.468. The van der Waals surface area contributed by atoms with Crippen molar-refractivity contribution in [3.63, 3.8) is 0 Å². The summed E-state index contributed by atoms with van der Waals surface area (Å²) in [6.07, 6.45) is 0.935. The fraction of sp³-hybridized carbons (Fsp3) is 1.00. The van der Waals surface area contributed by atoms with E-state index in [0.717, 1.165) is 11.8 Å². The summed E-state index contributed by atoms with van der Waals surface area (Å²) in [5.41, 5.74) is 0. The van der Waals surface area contributed by atoms with Crippen LogP contribution in [-0.2, 0) is 4.74 Å². The first-order chi connectivity index (χ1) is 4.13. The average Bonchev–Trinajstić information content (AvgIpc) is 1.98. The van der Waals surface area contributed by atoms with Crippen LogP contribution in [0.15, 0.2) is 0 Å². The lowest BCUT2D eigenvalue weighted by Gasteiger charge is -2.10. The fourth-order valence-corrected chi connectivity index (χ4v) is 1.44. The zero-order valence-electron chi connectivity index (χ0n) is 6.72. The molecule has 0 radical (unpaired) electrons. The van der Waals surface area contributed by atoms with Crippen molar-refractivity contribution in [2.24, 2.45) is 11.8 Å². The van der Waals surface area contributed by atoms with E-state index in [0.29, 0.717) is 12.2 Å². The zero-order chi connectivity index (χ0) is 7.02. The van der Waals surface area contributed by atoms with Crippen LogP contribution in [0.1, 0.15) is 27.7 Å². The second-order valence-electron chi connectivity index (χ2n) is 3.26. The Labute approximate surface area is 57.4 Å². The summed E-state index contributed by atoms with van der Waals surface area (Å²) in [5.74, 6) is 1.47. The minimum Gasteiger partial charge on any atom is -0.375 e. The summed E-state index contributed by atoms with van der Waals surface area (Å²) in [6, 6.07) is 0. The van der Waals surface area contributed by atoms with Crippen molar-refractivity contribution in [1.82, 2.24) is 0 Å². The summed E-state index contributed by atoms with van der Waals surface area (Å²) in [5, 5.41) is 0. The highest BCUT2D eigenvalue weighted by atomic mass is 16.5. The van der Waals surface area contributed by atoms with Gasteiger partial charge in [-0.05, 0) is 25.7 Å². The Morgan fingerprint density at radius 3 is 1.22 bits per heavy atom. The van der Waals surface area contributed by atoms with Crippen molar-refractivity contribution in [3.05, 3.63) is 0 Å². The van der Waals surface area contributed by atoms with Crippen LogP contribution >= 0.6 is 0 Å². The van der Waals surface area contributed by atoms with Crippen molar-refractivity contribution >= 4 is 0 Å². The smallest absolute Gasteiger partial charge is 0.0579 e. The van der Waals surface area contributed by atoms with Crippen molar-refractivity contribution < 1.29 is 4.74 Å². The lowest BCUT2D eigenvalue weighted by molar-refractivity contribution is 0.0524. The maximum atomic E-state index is 5.59. The molecule has 2 unspecified atom stereocenters.